The third kappa shape index (κ3) is 4.73. The Labute approximate surface area is 151 Å². The van der Waals surface area contributed by atoms with Crippen LogP contribution in [0.1, 0.15) is 31.7 Å². The Morgan fingerprint density at radius 2 is 2.08 bits per heavy atom. The number of rotatable bonds is 5. The predicted octanol–water partition coefficient (Wildman–Crippen LogP) is 2.31. The maximum Gasteiger partial charge on any atom is 0.317 e. The first-order chi connectivity index (χ1) is 12.0. The van der Waals surface area contributed by atoms with Crippen molar-refractivity contribution in [2.75, 3.05) is 26.7 Å². The number of likely N-dealkylation sites (N-methyl/N-ethyl adjacent to an activating group) is 1. The van der Waals surface area contributed by atoms with E-state index in [1.54, 1.807) is 18.9 Å². The third-order valence-corrected chi connectivity index (χ3v) is 5.62. The molecule has 25 heavy (non-hydrogen) atoms. The molecule has 0 spiro atoms. The van der Waals surface area contributed by atoms with Crippen molar-refractivity contribution >= 4 is 6.03 Å². The van der Waals surface area contributed by atoms with Gasteiger partial charge in [-0.1, -0.05) is 36.8 Å². The number of carbonyl (C=O) groups excluding carboxylic acids is 1. The molecular formula is C20H31N3O2. The molecule has 0 aromatic heterocycles. The van der Waals surface area contributed by atoms with Gasteiger partial charge >= 0.3 is 6.03 Å². The van der Waals surface area contributed by atoms with Gasteiger partial charge in [-0.3, -0.25) is 4.90 Å². The molecule has 1 aromatic carbocycles. The molecule has 1 aliphatic carbocycles. The quantitative estimate of drug-likeness (QED) is 0.861. The van der Waals surface area contributed by atoms with Crippen LogP contribution in [0.2, 0.25) is 0 Å². The van der Waals surface area contributed by atoms with Gasteiger partial charge < -0.3 is 15.3 Å². The van der Waals surface area contributed by atoms with Crippen molar-refractivity contribution in [3.8, 4) is 0 Å². The zero-order chi connectivity index (χ0) is 17.8. The number of carbonyl (C=O) groups is 1. The van der Waals surface area contributed by atoms with Crippen LogP contribution >= 0.6 is 0 Å². The first kappa shape index (κ1) is 18.2. The standard InChI is InChI=1S/C20H31N3O2/c1-15(24)11-22(2)20(25)21-19-10-6-9-17-13-23(14-18(17)19)12-16-7-4-3-5-8-16/h3-5,7-8,15,17-19,24H,6,9-14H2,1-2H3,(H,21,25)/t15-,17-,18-,19+/m0/s1. The maximum atomic E-state index is 12.4. The summed E-state index contributed by atoms with van der Waals surface area (Å²) >= 11 is 0. The maximum absolute atomic E-state index is 12.4. The highest BCUT2D eigenvalue weighted by molar-refractivity contribution is 5.74. The van der Waals surface area contributed by atoms with Crippen LogP contribution in [0.4, 0.5) is 4.79 Å². The fraction of sp³-hybridized carbons (Fsp3) is 0.650. The second-order valence-electron chi connectivity index (χ2n) is 7.82. The highest BCUT2D eigenvalue weighted by Crippen LogP contribution is 2.37. The number of benzene rings is 1. The normalized spacial score (nSPS) is 27.6. The van der Waals surface area contributed by atoms with Gasteiger partial charge in [-0.15, -0.1) is 0 Å². The highest BCUT2D eigenvalue weighted by Gasteiger charge is 2.40. The van der Waals surface area contributed by atoms with E-state index in [-0.39, 0.29) is 12.1 Å². The van der Waals surface area contributed by atoms with Gasteiger partial charge in [0.05, 0.1) is 6.10 Å². The number of hydrogen-bond donors (Lipinski definition) is 2. The Morgan fingerprint density at radius 1 is 1.32 bits per heavy atom. The Morgan fingerprint density at radius 3 is 2.80 bits per heavy atom. The minimum atomic E-state index is -0.498. The van der Waals surface area contributed by atoms with Crippen LogP contribution < -0.4 is 5.32 Å². The fourth-order valence-electron chi connectivity index (χ4n) is 4.46. The summed E-state index contributed by atoms with van der Waals surface area (Å²) < 4.78 is 0. The Hall–Kier alpha value is -1.59. The molecule has 0 unspecified atom stereocenters. The number of aliphatic hydroxyl groups is 1. The number of hydrogen-bond acceptors (Lipinski definition) is 3. The number of likely N-dealkylation sites (tertiary alicyclic amines) is 1. The van der Waals surface area contributed by atoms with E-state index in [9.17, 15) is 9.90 Å². The molecule has 138 valence electrons. The van der Waals surface area contributed by atoms with Gasteiger partial charge in [-0.05, 0) is 37.2 Å². The van der Waals surface area contributed by atoms with Crippen LogP contribution in [0.25, 0.3) is 0 Å². The zero-order valence-corrected chi connectivity index (χ0v) is 15.4. The number of aliphatic hydroxyl groups excluding tert-OH is 1. The second-order valence-corrected chi connectivity index (χ2v) is 7.82. The molecule has 0 radical (unpaired) electrons. The highest BCUT2D eigenvalue weighted by atomic mass is 16.3. The van der Waals surface area contributed by atoms with E-state index >= 15 is 0 Å². The van der Waals surface area contributed by atoms with Crippen molar-refractivity contribution in [1.82, 2.24) is 15.1 Å². The smallest absolute Gasteiger partial charge is 0.317 e. The molecule has 1 aromatic rings. The van der Waals surface area contributed by atoms with Crippen LogP contribution in [0, 0.1) is 11.8 Å². The molecule has 4 atom stereocenters. The van der Waals surface area contributed by atoms with Crippen LogP contribution in [-0.2, 0) is 6.54 Å². The summed E-state index contributed by atoms with van der Waals surface area (Å²) in [6.45, 7) is 5.27. The average Bonchev–Trinajstić information content (AvgIpc) is 2.98. The van der Waals surface area contributed by atoms with Crippen molar-refractivity contribution < 1.29 is 9.90 Å². The summed E-state index contributed by atoms with van der Waals surface area (Å²) in [5.74, 6) is 1.23. The van der Waals surface area contributed by atoms with Crippen molar-refractivity contribution in [1.29, 1.82) is 0 Å². The fourth-order valence-corrected chi connectivity index (χ4v) is 4.46. The Balaban J connectivity index is 1.57. The van der Waals surface area contributed by atoms with Gasteiger partial charge in [0.25, 0.3) is 0 Å². The molecule has 1 heterocycles. The number of amides is 2. The molecule has 2 amide bonds. The van der Waals surface area contributed by atoms with E-state index in [0.29, 0.717) is 18.4 Å². The van der Waals surface area contributed by atoms with E-state index < -0.39 is 6.10 Å². The van der Waals surface area contributed by atoms with Gasteiger partial charge in [0, 0.05) is 39.3 Å². The van der Waals surface area contributed by atoms with Gasteiger partial charge in [-0.2, -0.15) is 0 Å². The molecule has 0 bridgehead atoms. The van der Waals surface area contributed by atoms with Crippen molar-refractivity contribution in [2.45, 2.75) is 44.9 Å². The van der Waals surface area contributed by atoms with Crippen molar-refractivity contribution in [3.63, 3.8) is 0 Å². The van der Waals surface area contributed by atoms with Crippen LogP contribution in [0.3, 0.4) is 0 Å². The number of urea groups is 1. The summed E-state index contributed by atoms with van der Waals surface area (Å²) in [6, 6.07) is 10.8. The first-order valence-electron chi connectivity index (χ1n) is 9.49. The van der Waals surface area contributed by atoms with E-state index in [1.165, 1.54) is 18.4 Å². The number of nitrogens with zero attached hydrogens (tertiary/aromatic N) is 2. The summed E-state index contributed by atoms with van der Waals surface area (Å²) in [7, 11) is 1.75. The third-order valence-electron chi connectivity index (χ3n) is 5.62. The SMILES string of the molecule is C[C@H](O)CN(C)C(=O)N[C@@H]1CCC[C@H]2CN(Cc3ccccc3)C[C@@H]21. The first-order valence-corrected chi connectivity index (χ1v) is 9.49. The lowest BCUT2D eigenvalue weighted by Crippen LogP contribution is -2.50. The largest absolute Gasteiger partial charge is 0.392 e. The molecule has 5 heteroatoms. The Kier molecular flexibility index (Phi) is 5.97. The molecule has 1 saturated heterocycles. The van der Waals surface area contributed by atoms with E-state index in [1.807, 2.05) is 0 Å². The van der Waals surface area contributed by atoms with Crippen molar-refractivity contribution in [3.05, 3.63) is 35.9 Å². The van der Waals surface area contributed by atoms with Crippen LogP contribution in [-0.4, -0.2) is 59.8 Å². The lowest BCUT2D eigenvalue weighted by atomic mass is 9.78. The summed E-state index contributed by atoms with van der Waals surface area (Å²) in [6.07, 6.45) is 3.02. The molecular weight excluding hydrogens is 314 g/mol. The molecule has 2 N–H and O–H groups in total. The molecule has 3 rings (SSSR count). The van der Waals surface area contributed by atoms with Crippen LogP contribution in [0.5, 0.6) is 0 Å². The van der Waals surface area contributed by atoms with E-state index in [4.69, 9.17) is 0 Å². The second kappa shape index (κ2) is 8.19. The summed E-state index contributed by atoms with van der Waals surface area (Å²) in [5, 5.41) is 12.7. The summed E-state index contributed by atoms with van der Waals surface area (Å²) in [5.41, 5.74) is 1.36. The van der Waals surface area contributed by atoms with Gasteiger partial charge in [0.2, 0.25) is 0 Å². The van der Waals surface area contributed by atoms with E-state index in [0.717, 1.165) is 26.1 Å². The molecule has 1 saturated carbocycles. The topological polar surface area (TPSA) is 55.8 Å². The molecule has 2 aliphatic rings. The summed E-state index contributed by atoms with van der Waals surface area (Å²) in [4.78, 5) is 16.5. The average molecular weight is 345 g/mol. The minimum Gasteiger partial charge on any atom is -0.392 e. The molecule has 5 nitrogen and oxygen atoms in total. The molecule has 1 aliphatic heterocycles. The molecule has 2 fully saturated rings. The number of nitrogens with one attached hydrogen (secondary N) is 1. The van der Waals surface area contributed by atoms with Gasteiger partial charge in [0.1, 0.15) is 0 Å². The lowest BCUT2D eigenvalue weighted by Gasteiger charge is -2.34. The minimum absolute atomic E-state index is 0.0620. The predicted molar refractivity (Wildman–Crippen MR) is 99.2 cm³/mol. The van der Waals surface area contributed by atoms with Crippen molar-refractivity contribution in [2.24, 2.45) is 11.8 Å². The van der Waals surface area contributed by atoms with Gasteiger partial charge in [0.15, 0.2) is 0 Å². The monoisotopic (exact) mass is 345 g/mol. The zero-order valence-electron chi connectivity index (χ0n) is 15.4. The van der Waals surface area contributed by atoms with E-state index in [2.05, 4.69) is 40.5 Å². The number of fused-ring (bicyclic) bond motifs is 1. The lowest BCUT2D eigenvalue weighted by molar-refractivity contribution is 0.136. The van der Waals surface area contributed by atoms with Gasteiger partial charge in [-0.25, -0.2) is 4.79 Å². The van der Waals surface area contributed by atoms with Crippen LogP contribution in [0.15, 0.2) is 30.3 Å². The Bertz CT molecular complexity index is 563.